The molecule has 1 heterocycles. The number of rotatable bonds is 3. The van der Waals surface area contributed by atoms with Crippen LogP contribution in [0.25, 0.3) is 0 Å². The summed E-state index contributed by atoms with van der Waals surface area (Å²) >= 11 is 0. The lowest BCUT2D eigenvalue weighted by Gasteiger charge is -2.04. The molecule has 9 heavy (non-hydrogen) atoms. The van der Waals surface area contributed by atoms with Crippen LogP contribution in [0, 0.1) is 5.92 Å². The lowest BCUT2D eigenvalue weighted by atomic mass is 10.1. The van der Waals surface area contributed by atoms with Crippen molar-refractivity contribution in [2.75, 3.05) is 19.6 Å². The molecule has 1 atom stereocenters. The van der Waals surface area contributed by atoms with Crippen molar-refractivity contribution in [3.05, 3.63) is 0 Å². The Labute approximate surface area is 54.8 Å². The Morgan fingerprint density at radius 3 is 3.22 bits per heavy atom. The van der Waals surface area contributed by atoms with Gasteiger partial charge in [-0.25, -0.2) is 0 Å². The van der Waals surface area contributed by atoms with E-state index in [4.69, 9.17) is 0 Å². The smallest absolute Gasteiger partial charge is 0.207 e. The summed E-state index contributed by atoms with van der Waals surface area (Å²) in [5, 5.41) is 5.89. The first-order valence-corrected chi connectivity index (χ1v) is 3.31. The maximum Gasteiger partial charge on any atom is 0.207 e. The Hall–Kier alpha value is -0.570. The molecule has 3 nitrogen and oxygen atoms in total. The van der Waals surface area contributed by atoms with Crippen LogP contribution in [-0.4, -0.2) is 26.0 Å². The minimum Gasteiger partial charge on any atom is -0.358 e. The molecular formula is C6H12N2O. The van der Waals surface area contributed by atoms with E-state index in [1.807, 2.05) is 0 Å². The standard InChI is InChI=1S/C6H12N2O/c9-5-8-4-6-1-2-7-3-6/h5-7H,1-4H2,(H,8,9). The molecule has 1 aliphatic heterocycles. The van der Waals surface area contributed by atoms with Crippen LogP contribution < -0.4 is 10.6 Å². The molecule has 1 aliphatic rings. The molecule has 0 aromatic heterocycles. The van der Waals surface area contributed by atoms with Gasteiger partial charge in [-0.1, -0.05) is 0 Å². The molecule has 1 amide bonds. The minimum absolute atomic E-state index is 0.662. The van der Waals surface area contributed by atoms with Gasteiger partial charge in [0, 0.05) is 6.54 Å². The Bertz CT molecular complexity index is 89.1. The summed E-state index contributed by atoms with van der Waals surface area (Å²) in [6.45, 7) is 2.99. The quantitative estimate of drug-likeness (QED) is 0.495. The second kappa shape index (κ2) is 3.45. The third kappa shape index (κ3) is 2.01. The highest BCUT2D eigenvalue weighted by Gasteiger charge is 2.12. The predicted molar refractivity (Wildman–Crippen MR) is 35.0 cm³/mol. The van der Waals surface area contributed by atoms with Crippen LogP contribution in [0.1, 0.15) is 6.42 Å². The molecule has 2 N–H and O–H groups in total. The van der Waals surface area contributed by atoms with Crippen molar-refractivity contribution >= 4 is 6.41 Å². The van der Waals surface area contributed by atoms with Crippen LogP contribution in [-0.2, 0) is 4.79 Å². The molecule has 0 bridgehead atoms. The van der Waals surface area contributed by atoms with Gasteiger partial charge in [-0.3, -0.25) is 4.79 Å². The zero-order valence-corrected chi connectivity index (χ0v) is 5.39. The molecule has 52 valence electrons. The van der Waals surface area contributed by atoms with Gasteiger partial charge in [0.2, 0.25) is 6.41 Å². The van der Waals surface area contributed by atoms with Crippen molar-refractivity contribution in [1.29, 1.82) is 0 Å². The van der Waals surface area contributed by atoms with Gasteiger partial charge in [0.25, 0.3) is 0 Å². The summed E-state index contributed by atoms with van der Waals surface area (Å²) in [7, 11) is 0. The van der Waals surface area contributed by atoms with Gasteiger partial charge in [-0.2, -0.15) is 0 Å². The van der Waals surface area contributed by atoms with E-state index in [9.17, 15) is 4.79 Å². The normalized spacial score (nSPS) is 26.0. The third-order valence-electron chi connectivity index (χ3n) is 1.65. The number of hydrogen-bond acceptors (Lipinski definition) is 2. The number of carbonyl (C=O) groups is 1. The summed E-state index contributed by atoms with van der Waals surface area (Å²) in [4.78, 5) is 9.83. The van der Waals surface area contributed by atoms with E-state index in [1.165, 1.54) is 6.42 Å². The second-order valence-corrected chi connectivity index (χ2v) is 2.38. The van der Waals surface area contributed by atoms with Crippen molar-refractivity contribution < 1.29 is 4.79 Å². The fourth-order valence-corrected chi connectivity index (χ4v) is 1.10. The molecule has 1 saturated heterocycles. The van der Waals surface area contributed by atoms with E-state index in [0.717, 1.165) is 26.0 Å². The molecule has 0 aromatic carbocycles. The summed E-state index contributed by atoms with van der Waals surface area (Å²) in [6.07, 6.45) is 1.96. The van der Waals surface area contributed by atoms with Crippen LogP contribution in [0.4, 0.5) is 0 Å². The van der Waals surface area contributed by atoms with Crippen LogP contribution in [0.15, 0.2) is 0 Å². The zero-order valence-electron chi connectivity index (χ0n) is 5.39. The van der Waals surface area contributed by atoms with Gasteiger partial charge in [-0.15, -0.1) is 0 Å². The van der Waals surface area contributed by atoms with E-state index < -0.39 is 0 Å². The van der Waals surface area contributed by atoms with Gasteiger partial charge in [-0.05, 0) is 25.4 Å². The van der Waals surface area contributed by atoms with Crippen molar-refractivity contribution in [3.8, 4) is 0 Å². The largest absolute Gasteiger partial charge is 0.358 e. The first-order chi connectivity index (χ1) is 4.43. The Balaban J connectivity index is 2.04. The topological polar surface area (TPSA) is 41.1 Å². The van der Waals surface area contributed by atoms with Gasteiger partial charge >= 0.3 is 0 Å². The summed E-state index contributed by atoms with van der Waals surface area (Å²) in [6, 6.07) is 0. The van der Waals surface area contributed by atoms with E-state index in [2.05, 4.69) is 10.6 Å². The summed E-state index contributed by atoms with van der Waals surface area (Å²) in [5.74, 6) is 0.662. The molecule has 1 fully saturated rings. The average Bonchev–Trinajstić information content (AvgIpc) is 2.34. The van der Waals surface area contributed by atoms with Gasteiger partial charge < -0.3 is 10.6 Å². The average molecular weight is 128 g/mol. The first kappa shape index (κ1) is 6.55. The summed E-state index contributed by atoms with van der Waals surface area (Å²) in [5.41, 5.74) is 0. The molecule has 0 saturated carbocycles. The van der Waals surface area contributed by atoms with Crippen LogP contribution in [0.5, 0.6) is 0 Å². The van der Waals surface area contributed by atoms with E-state index in [1.54, 1.807) is 0 Å². The van der Waals surface area contributed by atoms with Crippen molar-refractivity contribution in [1.82, 2.24) is 10.6 Å². The van der Waals surface area contributed by atoms with Crippen molar-refractivity contribution in [2.24, 2.45) is 5.92 Å². The van der Waals surface area contributed by atoms with Gasteiger partial charge in [0.15, 0.2) is 0 Å². The first-order valence-electron chi connectivity index (χ1n) is 3.31. The molecule has 1 unspecified atom stereocenters. The molecule has 0 aliphatic carbocycles. The molecule has 3 heteroatoms. The highest BCUT2D eigenvalue weighted by molar-refractivity contribution is 5.45. The number of carbonyl (C=O) groups excluding carboxylic acids is 1. The number of hydrogen-bond donors (Lipinski definition) is 2. The van der Waals surface area contributed by atoms with Crippen LogP contribution >= 0.6 is 0 Å². The minimum atomic E-state index is 0.662. The molecule has 0 aromatic rings. The predicted octanol–water partition coefficient (Wildman–Crippen LogP) is -0.658. The van der Waals surface area contributed by atoms with Gasteiger partial charge in [0.05, 0.1) is 0 Å². The van der Waals surface area contributed by atoms with E-state index >= 15 is 0 Å². The number of nitrogens with one attached hydrogen (secondary N) is 2. The SMILES string of the molecule is O=CNCC1CCNC1. The Morgan fingerprint density at radius 1 is 1.78 bits per heavy atom. The lowest BCUT2D eigenvalue weighted by Crippen LogP contribution is -2.22. The van der Waals surface area contributed by atoms with Crippen molar-refractivity contribution in [3.63, 3.8) is 0 Å². The van der Waals surface area contributed by atoms with Crippen LogP contribution in [0.2, 0.25) is 0 Å². The zero-order chi connectivity index (χ0) is 6.53. The van der Waals surface area contributed by atoms with E-state index in [-0.39, 0.29) is 0 Å². The molecule has 1 rings (SSSR count). The van der Waals surface area contributed by atoms with Gasteiger partial charge in [0.1, 0.15) is 0 Å². The molecular weight excluding hydrogens is 116 g/mol. The van der Waals surface area contributed by atoms with Crippen molar-refractivity contribution in [2.45, 2.75) is 6.42 Å². The second-order valence-electron chi connectivity index (χ2n) is 2.38. The fraction of sp³-hybridized carbons (Fsp3) is 0.833. The highest BCUT2D eigenvalue weighted by atomic mass is 16.1. The Morgan fingerprint density at radius 2 is 2.67 bits per heavy atom. The monoisotopic (exact) mass is 128 g/mol. The lowest BCUT2D eigenvalue weighted by molar-refractivity contribution is -0.109. The summed E-state index contributed by atoms with van der Waals surface area (Å²) < 4.78 is 0. The fourth-order valence-electron chi connectivity index (χ4n) is 1.10. The highest BCUT2D eigenvalue weighted by Crippen LogP contribution is 2.04. The molecule has 0 spiro atoms. The third-order valence-corrected chi connectivity index (χ3v) is 1.65. The number of amides is 1. The Kier molecular flexibility index (Phi) is 2.51. The maximum atomic E-state index is 9.83. The van der Waals surface area contributed by atoms with Crippen LogP contribution in [0.3, 0.4) is 0 Å². The maximum absolute atomic E-state index is 9.83. The molecule has 0 radical (unpaired) electrons. The van der Waals surface area contributed by atoms with E-state index in [0.29, 0.717) is 5.92 Å².